The van der Waals surface area contributed by atoms with Gasteiger partial charge in [-0.15, -0.1) is 5.10 Å². The van der Waals surface area contributed by atoms with Crippen LogP contribution in [0.4, 0.5) is 0 Å². The molecule has 1 heterocycles. The second-order valence-corrected chi connectivity index (χ2v) is 3.77. The molecule has 0 N–H and O–H groups in total. The van der Waals surface area contributed by atoms with Crippen molar-refractivity contribution < 1.29 is 0 Å². The molecule has 0 spiro atoms. The maximum absolute atomic E-state index is 4.02. The smallest absolute Gasteiger partial charge is 0.148 e. The van der Waals surface area contributed by atoms with Crippen molar-refractivity contribution in [1.82, 2.24) is 15.0 Å². The average molecular weight is 216 g/mol. The number of nitrogens with zero attached hydrogens (tertiary/aromatic N) is 3. The van der Waals surface area contributed by atoms with Gasteiger partial charge >= 0.3 is 0 Å². The molecule has 1 saturated carbocycles. The molecule has 11 heavy (non-hydrogen) atoms. The monoisotopic (exact) mass is 215 g/mol. The van der Waals surface area contributed by atoms with E-state index in [-0.39, 0.29) is 0 Å². The lowest BCUT2D eigenvalue weighted by molar-refractivity contribution is 0.454. The summed E-state index contributed by atoms with van der Waals surface area (Å²) in [4.78, 5) is 0. The Bertz CT molecular complexity index is 240. The highest BCUT2D eigenvalue weighted by Gasteiger charge is 2.17. The zero-order valence-corrected chi connectivity index (χ0v) is 7.79. The van der Waals surface area contributed by atoms with Gasteiger partial charge in [0.15, 0.2) is 0 Å². The van der Waals surface area contributed by atoms with Crippen molar-refractivity contribution in [2.75, 3.05) is 0 Å². The third-order valence-corrected chi connectivity index (χ3v) is 2.54. The lowest BCUT2D eigenvalue weighted by atomic mass is 10.3. The highest BCUT2D eigenvalue weighted by molar-refractivity contribution is 9.10. The Morgan fingerprint density at radius 2 is 2.18 bits per heavy atom. The van der Waals surface area contributed by atoms with Gasteiger partial charge in [0.1, 0.15) is 4.60 Å². The van der Waals surface area contributed by atoms with Crippen LogP contribution in [0.15, 0.2) is 10.8 Å². The normalized spacial score (nSPS) is 19.4. The molecule has 0 unspecified atom stereocenters. The van der Waals surface area contributed by atoms with E-state index in [4.69, 9.17) is 0 Å². The molecule has 1 aromatic heterocycles. The number of halogens is 1. The molecular formula is C7H10BrN3. The molecule has 2 rings (SSSR count). The molecule has 0 bridgehead atoms. The molecule has 1 aliphatic rings. The molecule has 0 saturated heterocycles. The first-order valence-electron chi connectivity index (χ1n) is 3.93. The number of hydrogen-bond donors (Lipinski definition) is 0. The van der Waals surface area contributed by atoms with Crippen LogP contribution in [0.25, 0.3) is 0 Å². The minimum atomic E-state index is 0.605. The quantitative estimate of drug-likeness (QED) is 0.720. The van der Waals surface area contributed by atoms with Crippen LogP contribution in [-0.4, -0.2) is 15.0 Å². The first kappa shape index (κ1) is 7.28. The van der Waals surface area contributed by atoms with Crippen LogP contribution in [0.3, 0.4) is 0 Å². The van der Waals surface area contributed by atoms with Crippen molar-refractivity contribution in [2.45, 2.75) is 31.7 Å². The zero-order valence-electron chi connectivity index (χ0n) is 6.20. The van der Waals surface area contributed by atoms with Crippen molar-refractivity contribution in [1.29, 1.82) is 0 Å². The van der Waals surface area contributed by atoms with Crippen molar-refractivity contribution in [2.24, 2.45) is 0 Å². The summed E-state index contributed by atoms with van der Waals surface area (Å²) >= 11 is 3.28. The number of aromatic nitrogens is 3. The van der Waals surface area contributed by atoms with Crippen LogP contribution in [0.1, 0.15) is 31.7 Å². The largest absolute Gasteiger partial charge is 0.248 e. The van der Waals surface area contributed by atoms with Gasteiger partial charge in [-0.2, -0.15) is 0 Å². The lowest BCUT2D eigenvalue weighted by Gasteiger charge is -2.06. The molecule has 1 fully saturated rings. The molecule has 3 nitrogen and oxygen atoms in total. The Labute approximate surface area is 73.9 Å². The molecule has 1 aliphatic carbocycles. The maximum Gasteiger partial charge on any atom is 0.148 e. The fraction of sp³-hybridized carbons (Fsp3) is 0.714. The van der Waals surface area contributed by atoms with E-state index in [1.54, 1.807) is 0 Å². The summed E-state index contributed by atoms with van der Waals surface area (Å²) in [7, 11) is 0. The Kier molecular flexibility index (Phi) is 1.94. The van der Waals surface area contributed by atoms with Gasteiger partial charge in [-0.1, -0.05) is 18.1 Å². The topological polar surface area (TPSA) is 30.7 Å². The van der Waals surface area contributed by atoms with Gasteiger partial charge in [-0.05, 0) is 28.8 Å². The van der Waals surface area contributed by atoms with Crippen molar-refractivity contribution >= 4 is 15.9 Å². The van der Waals surface area contributed by atoms with E-state index >= 15 is 0 Å². The molecule has 60 valence electrons. The summed E-state index contributed by atoms with van der Waals surface area (Å²) in [6.07, 6.45) is 7.14. The maximum atomic E-state index is 4.02. The highest BCUT2D eigenvalue weighted by atomic mass is 79.9. The Balaban J connectivity index is 2.15. The van der Waals surface area contributed by atoms with Crippen LogP contribution in [0, 0.1) is 0 Å². The van der Waals surface area contributed by atoms with Crippen LogP contribution in [0.2, 0.25) is 0 Å². The highest BCUT2D eigenvalue weighted by Crippen LogP contribution is 2.28. The molecular weight excluding hydrogens is 206 g/mol. The van der Waals surface area contributed by atoms with Gasteiger partial charge in [0.25, 0.3) is 0 Å². The molecule has 0 aliphatic heterocycles. The minimum Gasteiger partial charge on any atom is -0.248 e. The van der Waals surface area contributed by atoms with E-state index in [1.807, 2.05) is 10.9 Å². The predicted molar refractivity (Wildman–Crippen MR) is 45.2 cm³/mol. The molecule has 1 aromatic rings. The van der Waals surface area contributed by atoms with Gasteiger partial charge in [0.05, 0.1) is 12.2 Å². The second kappa shape index (κ2) is 2.93. The standard InChI is InChI=1S/C7H10BrN3/c8-7-5-11(10-9-7)6-3-1-2-4-6/h5-6H,1-4H2. The van der Waals surface area contributed by atoms with Gasteiger partial charge in [0.2, 0.25) is 0 Å². The van der Waals surface area contributed by atoms with Crippen LogP contribution >= 0.6 is 15.9 Å². The molecule has 0 radical (unpaired) electrons. The van der Waals surface area contributed by atoms with Gasteiger partial charge in [0, 0.05) is 0 Å². The van der Waals surface area contributed by atoms with E-state index in [0.29, 0.717) is 6.04 Å². The second-order valence-electron chi connectivity index (χ2n) is 2.96. The summed E-state index contributed by atoms with van der Waals surface area (Å²) in [5.41, 5.74) is 0. The minimum absolute atomic E-state index is 0.605. The first-order chi connectivity index (χ1) is 5.36. The van der Waals surface area contributed by atoms with Gasteiger partial charge < -0.3 is 0 Å². The fourth-order valence-corrected chi connectivity index (χ4v) is 1.88. The zero-order chi connectivity index (χ0) is 7.68. The van der Waals surface area contributed by atoms with E-state index in [0.717, 1.165) is 4.60 Å². The van der Waals surface area contributed by atoms with Crippen LogP contribution in [-0.2, 0) is 0 Å². The Morgan fingerprint density at radius 1 is 1.45 bits per heavy atom. The van der Waals surface area contributed by atoms with E-state index < -0.39 is 0 Å². The summed E-state index contributed by atoms with van der Waals surface area (Å²) in [6, 6.07) is 0.605. The fourth-order valence-electron chi connectivity index (χ4n) is 1.60. The van der Waals surface area contributed by atoms with E-state index in [9.17, 15) is 0 Å². The van der Waals surface area contributed by atoms with E-state index in [1.165, 1.54) is 25.7 Å². The molecule has 0 aromatic carbocycles. The Morgan fingerprint density at radius 3 is 2.73 bits per heavy atom. The summed E-state index contributed by atoms with van der Waals surface area (Å²) in [5.74, 6) is 0. The third-order valence-electron chi connectivity index (χ3n) is 2.18. The Hall–Kier alpha value is -0.380. The first-order valence-corrected chi connectivity index (χ1v) is 4.73. The average Bonchev–Trinajstić information content (AvgIpc) is 2.55. The van der Waals surface area contributed by atoms with Crippen LogP contribution < -0.4 is 0 Å². The van der Waals surface area contributed by atoms with Crippen molar-refractivity contribution in [3.05, 3.63) is 10.8 Å². The molecule has 4 heteroatoms. The summed E-state index contributed by atoms with van der Waals surface area (Å²) < 4.78 is 2.81. The summed E-state index contributed by atoms with van der Waals surface area (Å²) in [5, 5.41) is 7.91. The predicted octanol–water partition coefficient (Wildman–Crippen LogP) is 2.16. The lowest BCUT2D eigenvalue weighted by Crippen LogP contribution is -2.04. The SMILES string of the molecule is Brc1cn(C2CCCC2)nn1. The molecule has 0 amide bonds. The summed E-state index contributed by atoms with van der Waals surface area (Å²) in [6.45, 7) is 0. The van der Waals surface area contributed by atoms with Crippen LogP contribution in [0.5, 0.6) is 0 Å². The van der Waals surface area contributed by atoms with Gasteiger partial charge in [-0.3, -0.25) is 0 Å². The number of rotatable bonds is 1. The van der Waals surface area contributed by atoms with E-state index in [2.05, 4.69) is 26.2 Å². The third kappa shape index (κ3) is 1.45. The molecule has 0 atom stereocenters. The number of hydrogen-bond acceptors (Lipinski definition) is 2. The van der Waals surface area contributed by atoms with Crippen molar-refractivity contribution in [3.8, 4) is 0 Å². The van der Waals surface area contributed by atoms with Gasteiger partial charge in [-0.25, -0.2) is 4.68 Å². The van der Waals surface area contributed by atoms with Crippen molar-refractivity contribution in [3.63, 3.8) is 0 Å².